The third-order valence-corrected chi connectivity index (χ3v) is 6.07. The maximum atomic E-state index is 11.1. The molecule has 1 fully saturated rings. The summed E-state index contributed by atoms with van der Waals surface area (Å²) in [5.41, 5.74) is 4.56. The molecule has 3 rings (SSSR count). The molecule has 1 N–H and O–H groups in total. The molecule has 4 heteroatoms. The van der Waals surface area contributed by atoms with E-state index in [9.17, 15) is 5.11 Å². The number of benzene rings is 2. The molecular formula is C25H35ClN2O. The van der Waals surface area contributed by atoms with Crippen LogP contribution in [0.25, 0.3) is 0 Å². The van der Waals surface area contributed by atoms with Crippen LogP contribution in [-0.2, 0) is 17.4 Å². The van der Waals surface area contributed by atoms with E-state index < -0.39 is 0 Å². The van der Waals surface area contributed by atoms with Gasteiger partial charge in [0.1, 0.15) is 5.75 Å². The summed E-state index contributed by atoms with van der Waals surface area (Å²) in [6.45, 7) is 17.9. The van der Waals surface area contributed by atoms with E-state index in [2.05, 4.69) is 75.6 Å². The molecule has 0 aromatic heterocycles. The van der Waals surface area contributed by atoms with Gasteiger partial charge in [0.25, 0.3) is 0 Å². The lowest BCUT2D eigenvalue weighted by Crippen LogP contribution is -2.46. The first kappa shape index (κ1) is 22.0. The minimum atomic E-state index is -0.0899. The number of hydrogen-bond acceptors (Lipinski definition) is 3. The summed E-state index contributed by atoms with van der Waals surface area (Å²) in [5.74, 6) is 0.464. The number of phenols is 1. The molecular weight excluding hydrogens is 380 g/mol. The third kappa shape index (κ3) is 5.26. The highest BCUT2D eigenvalue weighted by atomic mass is 35.5. The van der Waals surface area contributed by atoms with Crippen molar-refractivity contribution in [3.63, 3.8) is 0 Å². The fourth-order valence-electron chi connectivity index (χ4n) is 3.88. The first-order valence-electron chi connectivity index (χ1n) is 10.5. The summed E-state index contributed by atoms with van der Waals surface area (Å²) in [5, 5.41) is 11.8. The predicted molar refractivity (Wildman–Crippen MR) is 124 cm³/mol. The van der Waals surface area contributed by atoms with Gasteiger partial charge in [-0.15, -0.1) is 0 Å². The Bertz CT molecular complexity index is 839. The van der Waals surface area contributed by atoms with Gasteiger partial charge in [0.15, 0.2) is 0 Å². The maximum Gasteiger partial charge on any atom is 0.123 e. The molecule has 0 saturated carbocycles. The van der Waals surface area contributed by atoms with E-state index in [0.29, 0.717) is 5.75 Å². The molecule has 1 aliphatic rings. The number of phenolic OH excluding ortho intramolecular Hbond substituents is 1. The second-order valence-corrected chi connectivity index (χ2v) is 10.7. The van der Waals surface area contributed by atoms with Gasteiger partial charge in [-0.2, -0.15) is 0 Å². The van der Waals surface area contributed by atoms with Crippen LogP contribution >= 0.6 is 11.6 Å². The number of rotatable bonds is 3. The van der Waals surface area contributed by atoms with Crippen molar-refractivity contribution in [1.29, 1.82) is 0 Å². The van der Waals surface area contributed by atoms with E-state index in [4.69, 9.17) is 11.6 Å². The Hall–Kier alpha value is -1.71. The molecule has 0 spiro atoms. The quantitative estimate of drug-likeness (QED) is 0.670. The summed E-state index contributed by atoms with van der Waals surface area (Å²) in [6.07, 6.45) is 0. The molecule has 0 radical (unpaired) electrons. The van der Waals surface area contributed by atoms with Crippen LogP contribution in [0, 0.1) is 0 Å². The van der Waals surface area contributed by atoms with Crippen LogP contribution in [0.3, 0.4) is 0 Å². The highest BCUT2D eigenvalue weighted by Gasteiger charge is 2.26. The lowest BCUT2D eigenvalue weighted by atomic mass is 9.79. The van der Waals surface area contributed by atoms with Crippen LogP contribution in [-0.4, -0.2) is 36.2 Å². The average Bonchev–Trinajstić information content (AvgIpc) is 2.63. The summed E-state index contributed by atoms with van der Waals surface area (Å²) in [7, 11) is 0. The van der Waals surface area contributed by atoms with Crippen molar-refractivity contribution < 1.29 is 5.11 Å². The van der Waals surface area contributed by atoms with E-state index in [1.165, 1.54) is 11.3 Å². The molecule has 29 heavy (non-hydrogen) atoms. The van der Waals surface area contributed by atoms with Crippen LogP contribution < -0.4 is 4.90 Å². The van der Waals surface area contributed by atoms with Crippen LogP contribution in [0.5, 0.6) is 5.75 Å². The largest absolute Gasteiger partial charge is 0.507 e. The highest BCUT2D eigenvalue weighted by Crippen LogP contribution is 2.38. The Morgan fingerprint density at radius 1 is 0.862 bits per heavy atom. The summed E-state index contributed by atoms with van der Waals surface area (Å²) >= 11 is 6.02. The molecule has 1 heterocycles. The fourth-order valence-corrected chi connectivity index (χ4v) is 4.00. The fraction of sp³-hybridized carbons (Fsp3) is 0.520. The average molecular weight is 415 g/mol. The highest BCUT2D eigenvalue weighted by molar-refractivity contribution is 6.30. The lowest BCUT2D eigenvalue weighted by molar-refractivity contribution is 0.246. The van der Waals surface area contributed by atoms with E-state index in [1.54, 1.807) is 0 Å². The van der Waals surface area contributed by atoms with Crippen LogP contribution in [0.4, 0.5) is 5.69 Å². The Morgan fingerprint density at radius 3 is 1.97 bits per heavy atom. The van der Waals surface area contributed by atoms with Gasteiger partial charge in [-0.1, -0.05) is 65.3 Å². The van der Waals surface area contributed by atoms with Gasteiger partial charge in [0.2, 0.25) is 0 Å². The second kappa shape index (κ2) is 8.20. The third-order valence-electron chi connectivity index (χ3n) is 5.82. The minimum Gasteiger partial charge on any atom is -0.507 e. The van der Waals surface area contributed by atoms with Gasteiger partial charge in [-0.05, 0) is 46.2 Å². The van der Waals surface area contributed by atoms with E-state index in [-0.39, 0.29) is 10.8 Å². The molecule has 1 saturated heterocycles. The van der Waals surface area contributed by atoms with Crippen molar-refractivity contribution in [2.75, 3.05) is 31.1 Å². The molecule has 0 amide bonds. The van der Waals surface area contributed by atoms with Gasteiger partial charge in [-0.25, -0.2) is 0 Å². The van der Waals surface area contributed by atoms with Crippen LogP contribution in [0.15, 0.2) is 36.4 Å². The number of piperazine rings is 1. The van der Waals surface area contributed by atoms with Gasteiger partial charge in [-0.3, -0.25) is 4.90 Å². The molecule has 158 valence electrons. The molecule has 0 unspecified atom stereocenters. The van der Waals surface area contributed by atoms with Crippen LogP contribution in [0.2, 0.25) is 5.02 Å². The topological polar surface area (TPSA) is 26.7 Å². The Morgan fingerprint density at radius 2 is 1.45 bits per heavy atom. The zero-order valence-electron chi connectivity index (χ0n) is 18.7. The van der Waals surface area contributed by atoms with Crippen molar-refractivity contribution in [3.05, 3.63) is 58.1 Å². The maximum absolute atomic E-state index is 11.1. The standard InChI is InChI=1S/C25H35ClN2O/c1-24(2,3)19-15-18(23(29)22(16-19)25(4,5)6)17-27-11-13-28(14-12-27)21-9-7-20(26)8-10-21/h7-10,15-16,29H,11-14,17H2,1-6H3. The van der Waals surface area contributed by atoms with Crippen molar-refractivity contribution >= 4 is 17.3 Å². The molecule has 2 aromatic carbocycles. The lowest BCUT2D eigenvalue weighted by Gasteiger charge is -2.37. The van der Waals surface area contributed by atoms with Gasteiger partial charge in [0.05, 0.1) is 0 Å². The SMILES string of the molecule is CC(C)(C)c1cc(CN2CCN(c3ccc(Cl)cc3)CC2)c(O)c(C(C)(C)C)c1. The van der Waals surface area contributed by atoms with E-state index in [1.807, 2.05) is 12.1 Å². The van der Waals surface area contributed by atoms with Crippen LogP contribution in [0.1, 0.15) is 58.2 Å². The van der Waals surface area contributed by atoms with Crippen molar-refractivity contribution in [2.24, 2.45) is 0 Å². The van der Waals surface area contributed by atoms with E-state index >= 15 is 0 Å². The molecule has 1 aliphatic heterocycles. The minimum absolute atomic E-state index is 0.0513. The monoisotopic (exact) mass is 414 g/mol. The number of halogens is 1. The number of anilines is 1. The molecule has 0 bridgehead atoms. The zero-order valence-corrected chi connectivity index (χ0v) is 19.5. The smallest absolute Gasteiger partial charge is 0.123 e. The molecule has 0 aliphatic carbocycles. The number of aromatic hydroxyl groups is 1. The Kier molecular flexibility index (Phi) is 6.21. The first-order chi connectivity index (χ1) is 13.4. The first-order valence-corrected chi connectivity index (χ1v) is 10.9. The molecule has 3 nitrogen and oxygen atoms in total. The predicted octanol–water partition coefficient (Wildman–Crippen LogP) is 5.96. The Labute approximate surface area is 181 Å². The van der Waals surface area contributed by atoms with Crippen molar-refractivity contribution in [2.45, 2.75) is 58.9 Å². The molecule has 0 atom stereocenters. The summed E-state index contributed by atoms with van der Waals surface area (Å²) in [4.78, 5) is 4.85. The zero-order chi connectivity index (χ0) is 21.4. The molecule has 2 aromatic rings. The van der Waals surface area contributed by atoms with Crippen molar-refractivity contribution in [3.8, 4) is 5.75 Å². The second-order valence-electron chi connectivity index (χ2n) is 10.3. The Balaban J connectivity index is 1.77. The number of hydrogen-bond donors (Lipinski definition) is 1. The van der Waals surface area contributed by atoms with Gasteiger partial charge < -0.3 is 10.0 Å². The normalized spacial score (nSPS) is 16.3. The number of nitrogens with zero attached hydrogens (tertiary/aromatic N) is 2. The summed E-state index contributed by atoms with van der Waals surface area (Å²) < 4.78 is 0. The van der Waals surface area contributed by atoms with Gasteiger partial charge in [0, 0.05) is 49.0 Å². The summed E-state index contributed by atoms with van der Waals surface area (Å²) in [6, 6.07) is 12.5. The van der Waals surface area contributed by atoms with E-state index in [0.717, 1.165) is 48.9 Å². The van der Waals surface area contributed by atoms with Gasteiger partial charge >= 0.3 is 0 Å². The van der Waals surface area contributed by atoms with Crippen molar-refractivity contribution in [1.82, 2.24) is 4.90 Å².